The minimum Gasteiger partial charge on any atom is -0.483 e. The van der Waals surface area contributed by atoms with E-state index < -0.39 is 0 Å². The first-order valence-electron chi connectivity index (χ1n) is 5.55. The SMILES string of the molecule is CCc1cc(COc2cccnc2N)n(C)n1. The van der Waals surface area contributed by atoms with Crippen molar-refractivity contribution in [3.63, 3.8) is 0 Å². The van der Waals surface area contributed by atoms with Crippen LogP contribution in [0, 0.1) is 0 Å². The molecule has 0 spiro atoms. The van der Waals surface area contributed by atoms with E-state index in [1.54, 1.807) is 18.3 Å². The number of rotatable bonds is 4. The summed E-state index contributed by atoms with van der Waals surface area (Å²) in [7, 11) is 1.91. The van der Waals surface area contributed by atoms with Gasteiger partial charge in [0.05, 0.1) is 11.4 Å². The molecule has 0 aromatic carbocycles. The summed E-state index contributed by atoms with van der Waals surface area (Å²) in [5.41, 5.74) is 7.77. The van der Waals surface area contributed by atoms with Gasteiger partial charge in [-0.25, -0.2) is 4.98 Å². The first kappa shape index (κ1) is 11.4. The molecule has 2 N–H and O–H groups in total. The van der Waals surface area contributed by atoms with Crippen LogP contribution in [0.15, 0.2) is 24.4 Å². The maximum atomic E-state index is 5.70. The molecule has 2 aromatic heterocycles. The molecular formula is C12H16N4O. The molecule has 0 saturated carbocycles. The second kappa shape index (κ2) is 4.86. The van der Waals surface area contributed by atoms with E-state index in [1.807, 2.05) is 17.8 Å². The lowest BCUT2D eigenvalue weighted by atomic mass is 10.3. The lowest BCUT2D eigenvalue weighted by molar-refractivity contribution is 0.295. The fourth-order valence-electron chi connectivity index (χ4n) is 1.56. The lowest BCUT2D eigenvalue weighted by Gasteiger charge is -2.07. The van der Waals surface area contributed by atoms with Crippen molar-refractivity contribution in [2.45, 2.75) is 20.0 Å². The van der Waals surface area contributed by atoms with Gasteiger partial charge in [-0.15, -0.1) is 0 Å². The largest absolute Gasteiger partial charge is 0.483 e. The molecule has 5 heteroatoms. The second-order valence-electron chi connectivity index (χ2n) is 3.78. The monoisotopic (exact) mass is 232 g/mol. The first-order valence-corrected chi connectivity index (χ1v) is 5.55. The van der Waals surface area contributed by atoms with Gasteiger partial charge >= 0.3 is 0 Å². The molecule has 0 aliphatic rings. The van der Waals surface area contributed by atoms with Gasteiger partial charge < -0.3 is 10.5 Å². The van der Waals surface area contributed by atoms with Gasteiger partial charge in [0.1, 0.15) is 6.61 Å². The van der Waals surface area contributed by atoms with Crippen molar-refractivity contribution in [1.82, 2.24) is 14.8 Å². The van der Waals surface area contributed by atoms with Gasteiger partial charge in [0.2, 0.25) is 0 Å². The van der Waals surface area contributed by atoms with Gasteiger partial charge in [-0.3, -0.25) is 4.68 Å². The quantitative estimate of drug-likeness (QED) is 0.868. The van der Waals surface area contributed by atoms with Crippen molar-refractivity contribution in [2.75, 3.05) is 5.73 Å². The zero-order valence-corrected chi connectivity index (χ0v) is 10.1. The number of nitrogen functional groups attached to an aromatic ring is 1. The fourth-order valence-corrected chi connectivity index (χ4v) is 1.56. The van der Waals surface area contributed by atoms with Crippen LogP contribution in [0.2, 0.25) is 0 Å². The molecule has 90 valence electrons. The van der Waals surface area contributed by atoms with Crippen LogP contribution >= 0.6 is 0 Å². The number of hydrogen-bond acceptors (Lipinski definition) is 4. The molecule has 0 aliphatic carbocycles. The van der Waals surface area contributed by atoms with E-state index in [9.17, 15) is 0 Å². The van der Waals surface area contributed by atoms with Crippen molar-refractivity contribution in [3.8, 4) is 5.75 Å². The molecule has 5 nitrogen and oxygen atoms in total. The Labute approximate surface area is 100 Å². The fraction of sp³-hybridized carbons (Fsp3) is 0.333. The summed E-state index contributed by atoms with van der Waals surface area (Å²) in [6.07, 6.45) is 2.56. The van der Waals surface area contributed by atoms with E-state index in [4.69, 9.17) is 10.5 Å². The molecule has 0 radical (unpaired) electrons. The van der Waals surface area contributed by atoms with Gasteiger partial charge in [0.15, 0.2) is 11.6 Å². The van der Waals surface area contributed by atoms with Gasteiger partial charge in [-0.1, -0.05) is 6.92 Å². The summed E-state index contributed by atoms with van der Waals surface area (Å²) in [5.74, 6) is 1.01. The zero-order valence-electron chi connectivity index (χ0n) is 10.1. The molecule has 2 rings (SSSR count). The highest BCUT2D eigenvalue weighted by atomic mass is 16.5. The Hall–Kier alpha value is -2.04. The Morgan fingerprint density at radius 1 is 1.47 bits per heavy atom. The van der Waals surface area contributed by atoms with Gasteiger partial charge in [-0.2, -0.15) is 5.10 Å². The molecule has 0 unspecified atom stereocenters. The van der Waals surface area contributed by atoms with E-state index in [1.165, 1.54) is 0 Å². The maximum Gasteiger partial charge on any atom is 0.166 e. The molecule has 2 aromatic rings. The Morgan fingerprint density at radius 3 is 2.94 bits per heavy atom. The van der Waals surface area contributed by atoms with Crippen LogP contribution in [0.4, 0.5) is 5.82 Å². The zero-order chi connectivity index (χ0) is 12.3. The molecule has 0 bridgehead atoms. The highest BCUT2D eigenvalue weighted by Gasteiger charge is 2.06. The highest BCUT2D eigenvalue weighted by Crippen LogP contribution is 2.18. The van der Waals surface area contributed by atoms with Crippen molar-refractivity contribution < 1.29 is 4.74 Å². The molecular weight excluding hydrogens is 216 g/mol. The summed E-state index contributed by atoms with van der Waals surface area (Å²) in [4.78, 5) is 3.97. The third kappa shape index (κ3) is 2.55. The van der Waals surface area contributed by atoms with E-state index in [2.05, 4.69) is 17.0 Å². The Balaban J connectivity index is 2.07. The van der Waals surface area contributed by atoms with Gasteiger partial charge in [0.25, 0.3) is 0 Å². The Morgan fingerprint density at radius 2 is 2.29 bits per heavy atom. The lowest BCUT2D eigenvalue weighted by Crippen LogP contribution is -2.04. The van der Waals surface area contributed by atoms with E-state index >= 15 is 0 Å². The van der Waals surface area contributed by atoms with Crippen LogP contribution in [0.1, 0.15) is 18.3 Å². The molecule has 0 saturated heterocycles. The first-order chi connectivity index (χ1) is 8.20. The van der Waals surface area contributed by atoms with E-state index in [0.717, 1.165) is 17.8 Å². The Kier molecular flexibility index (Phi) is 3.27. The minimum atomic E-state index is 0.408. The molecule has 17 heavy (non-hydrogen) atoms. The van der Waals surface area contributed by atoms with Crippen LogP contribution in [0.25, 0.3) is 0 Å². The topological polar surface area (TPSA) is 66.0 Å². The third-order valence-corrected chi connectivity index (χ3v) is 2.56. The predicted molar refractivity (Wildman–Crippen MR) is 65.6 cm³/mol. The van der Waals surface area contributed by atoms with Crippen molar-refractivity contribution in [1.29, 1.82) is 0 Å². The number of ether oxygens (including phenoxy) is 1. The summed E-state index contributed by atoms with van der Waals surface area (Å²) < 4.78 is 7.44. The normalized spacial score (nSPS) is 10.5. The molecule has 0 amide bonds. The third-order valence-electron chi connectivity index (χ3n) is 2.56. The second-order valence-corrected chi connectivity index (χ2v) is 3.78. The standard InChI is InChI=1S/C12H16N4O/c1-3-9-7-10(16(2)15-9)8-17-11-5-4-6-14-12(11)13/h4-7H,3,8H2,1-2H3,(H2,13,14). The molecule has 2 heterocycles. The number of pyridine rings is 1. The van der Waals surface area contributed by atoms with Gasteiger partial charge in [-0.05, 0) is 24.6 Å². The number of nitrogens with zero attached hydrogens (tertiary/aromatic N) is 3. The summed E-state index contributed by atoms with van der Waals surface area (Å²) >= 11 is 0. The number of anilines is 1. The number of hydrogen-bond donors (Lipinski definition) is 1. The van der Waals surface area contributed by atoms with Crippen LogP contribution in [-0.4, -0.2) is 14.8 Å². The number of aryl methyl sites for hydroxylation is 2. The minimum absolute atomic E-state index is 0.408. The van der Waals surface area contributed by atoms with Crippen LogP contribution in [0.3, 0.4) is 0 Å². The summed E-state index contributed by atoms with van der Waals surface area (Å²) in [6, 6.07) is 5.64. The van der Waals surface area contributed by atoms with Gasteiger partial charge in [0, 0.05) is 13.2 Å². The average molecular weight is 232 g/mol. The summed E-state index contributed by atoms with van der Waals surface area (Å²) in [5, 5.41) is 4.35. The Bertz CT molecular complexity index is 507. The van der Waals surface area contributed by atoms with E-state index in [0.29, 0.717) is 18.2 Å². The summed E-state index contributed by atoms with van der Waals surface area (Å²) in [6.45, 7) is 2.52. The van der Waals surface area contributed by atoms with Crippen molar-refractivity contribution in [2.24, 2.45) is 7.05 Å². The predicted octanol–water partition coefficient (Wildman–Crippen LogP) is 1.54. The number of aromatic nitrogens is 3. The van der Waals surface area contributed by atoms with Crippen LogP contribution in [-0.2, 0) is 20.1 Å². The van der Waals surface area contributed by atoms with E-state index in [-0.39, 0.29) is 0 Å². The smallest absolute Gasteiger partial charge is 0.166 e. The molecule has 0 aliphatic heterocycles. The van der Waals surface area contributed by atoms with Crippen molar-refractivity contribution >= 4 is 5.82 Å². The average Bonchev–Trinajstić information content (AvgIpc) is 2.69. The maximum absolute atomic E-state index is 5.70. The number of nitrogens with two attached hydrogens (primary N) is 1. The molecule has 0 atom stereocenters. The van der Waals surface area contributed by atoms with Crippen LogP contribution in [0.5, 0.6) is 5.75 Å². The van der Waals surface area contributed by atoms with Crippen LogP contribution < -0.4 is 10.5 Å². The highest BCUT2D eigenvalue weighted by molar-refractivity contribution is 5.44. The van der Waals surface area contributed by atoms with Crippen molar-refractivity contribution in [3.05, 3.63) is 35.8 Å². The molecule has 0 fully saturated rings.